The fourth-order valence-electron chi connectivity index (χ4n) is 3.13. The zero-order valence-electron chi connectivity index (χ0n) is 12.1. The van der Waals surface area contributed by atoms with E-state index in [0.717, 1.165) is 33.3 Å². The normalized spacial score (nSPS) is 11.2. The van der Waals surface area contributed by atoms with Crippen LogP contribution in [-0.2, 0) is 0 Å². The molecular weight excluding hydrogens is 300 g/mol. The molecule has 0 unspecified atom stereocenters. The van der Waals surface area contributed by atoms with Gasteiger partial charge in [-0.3, -0.25) is 0 Å². The Hall–Kier alpha value is -3.90. The van der Waals surface area contributed by atoms with E-state index in [9.17, 15) is 0 Å². The van der Waals surface area contributed by atoms with Crippen LogP contribution in [0.5, 0.6) is 0 Å². The molecule has 0 saturated heterocycles. The van der Waals surface area contributed by atoms with Crippen LogP contribution < -0.4 is 0 Å². The molecule has 0 fully saturated rings. The maximum absolute atomic E-state index is 7.15. The summed E-state index contributed by atoms with van der Waals surface area (Å²) >= 11 is 0. The Morgan fingerprint density at radius 1 is 0.667 bits per heavy atom. The van der Waals surface area contributed by atoms with Crippen LogP contribution in [0.25, 0.3) is 54.3 Å². The average molecular weight is 306 g/mol. The first kappa shape index (κ1) is 12.6. The smallest absolute Gasteiger partial charge is 0.316 e. The van der Waals surface area contributed by atoms with Gasteiger partial charge in [-0.2, -0.15) is 9.97 Å². The van der Waals surface area contributed by atoms with Crippen molar-refractivity contribution in [3.05, 3.63) is 59.2 Å². The van der Waals surface area contributed by atoms with Crippen LogP contribution in [0.3, 0.4) is 0 Å². The van der Waals surface area contributed by atoms with Gasteiger partial charge in [-0.25, -0.2) is 0 Å². The lowest BCUT2D eigenvalue weighted by Gasteiger charge is -2.00. The second-order valence-corrected chi connectivity index (χ2v) is 5.37. The number of rotatable bonds is 0. The predicted molar refractivity (Wildman–Crippen MR) is 89.6 cm³/mol. The van der Waals surface area contributed by atoms with Gasteiger partial charge in [0.1, 0.15) is 11.4 Å². The summed E-state index contributed by atoms with van der Waals surface area (Å²) in [4.78, 5) is 24.0. The molecule has 0 saturated carbocycles. The minimum atomic E-state index is -0.0412. The summed E-state index contributed by atoms with van der Waals surface area (Å²) in [7, 11) is 0. The highest BCUT2D eigenvalue weighted by atomic mass is 15.1. The summed E-state index contributed by atoms with van der Waals surface area (Å²) in [5, 5.41) is 2.24. The van der Waals surface area contributed by atoms with E-state index < -0.39 is 0 Å². The molecule has 6 nitrogen and oxygen atoms in total. The molecule has 6 heteroatoms. The Kier molecular flexibility index (Phi) is 2.27. The molecule has 24 heavy (non-hydrogen) atoms. The van der Waals surface area contributed by atoms with Crippen molar-refractivity contribution in [3.8, 4) is 22.5 Å². The Balaban J connectivity index is 1.93. The molecule has 2 heterocycles. The fourth-order valence-corrected chi connectivity index (χ4v) is 3.13. The molecule has 5 rings (SSSR count). The summed E-state index contributed by atoms with van der Waals surface area (Å²) < 4.78 is 0. The van der Waals surface area contributed by atoms with E-state index in [0.29, 0.717) is 0 Å². The molecule has 1 aliphatic rings. The van der Waals surface area contributed by atoms with E-state index >= 15 is 0 Å². The Bertz CT molecular complexity index is 1180. The van der Waals surface area contributed by atoms with Gasteiger partial charge in [0.25, 0.3) is 11.6 Å². The second kappa shape index (κ2) is 4.31. The van der Waals surface area contributed by atoms with Gasteiger partial charge in [0.15, 0.2) is 0 Å². The molecule has 2 aromatic carbocycles. The lowest BCUT2D eigenvalue weighted by atomic mass is 10.0. The lowest BCUT2D eigenvalue weighted by Crippen LogP contribution is -1.95. The average Bonchev–Trinajstić information content (AvgIpc) is 2.94. The van der Waals surface area contributed by atoms with Crippen LogP contribution in [-0.4, -0.2) is 19.9 Å². The minimum Gasteiger partial charge on any atom is -0.370 e. The number of hydrogen-bond acceptors (Lipinski definition) is 4. The van der Waals surface area contributed by atoms with E-state index in [1.165, 1.54) is 0 Å². The third-order valence-electron chi connectivity index (χ3n) is 4.11. The first-order valence-electron chi connectivity index (χ1n) is 7.17. The van der Waals surface area contributed by atoms with Crippen LogP contribution in [0.1, 0.15) is 0 Å². The molecule has 2 aromatic heterocycles. The molecule has 0 aliphatic heterocycles. The number of benzene rings is 2. The Morgan fingerprint density at radius 2 is 1.17 bits per heavy atom. The minimum absolute atomic E-state index is 0.0412. The Labute approximate surface area is 136 Å². The van der Waals surface area contributed by atoms with E-state index in [2.05, 4.69) is 41.8 Å². The highest BCUT2D eigenvalue weighted by Gasteiger charge is 2.27. The summed E-state index contributed by atoms with van der Waals surface area (Å²) in [6, 6.07) is 12.1. The maximum Gasteiger partial charge on any atom is 0.316 e. The largest absolute Gasteiger partial charge is 0.370 e. The van der Waals surface area contributed by atoms with Gasteiger partial charge in [-0.1, -0.05) is 49.5 Å². The van der Waals surface area contributed by atoms with Gasteiger partial charge in [-0.05, 0) is 5.39 Å². The standard InChI is InChI=1S/C18H6N6/c1-19-15-16(20-2)24-18-17(23-15)21-13-10-7-3-5-9-6-4-8-11(12(9)10)14(13)22-18/h3-8H. The zero-order valence-corrected chi connectivity index (χ0v) is 12.1. The molecule has 108 valence electrons. The van der Waals surface area contributed by atoms with Crippen molar-refractivity contribution in [2.75, 3.05) is 0 Å². The van der Waals surface area contributed by atoms with Gasteiger partial charge in [0.05, 0.1) is 0 Å². The van der Waals surface area contributed by atoms with Gasteiger partial charge >= 0.3 is 11.3 Å². The van der Waals surface area contributed by atoms with Gasteiger partial charge in [0.2, 0.25) is 0 Å². The van der Waals surface area contributed by atoms with E-state index in [1.54, 1.807) is 0 Å². The van der Waals surface area contributed by atoms with Crippen LogP contribution in [0.4, 0.5) is 11.6 Å². The SMILES string of the molecule is [C-]#[N+]c1nc2nc3c(nc2nc1[N+]#[C-])-c1cccc2cccc-3c12. The third kappa shape index (κ3) is 1.47. The highest BCUT2D eigenvalue weighted by Crippen LogP contribution is 2.45. The van der Waals surface area contributed by atoms with Crippen molar-refractivity contribution in [3.63, 3.8) is 0 Å². The number of fused-ring (bicyclic) bond motifs is 4. The van der Waals surface area contributed by atoms with Gasteiger partial charge in [-0.15, -0.1) is 9.97 Å². The van der Waals surface area contributed by atoms with Crippen LogP contribution in [0, 0.1) is 13.1 Å². The molecule has 0 spiro atoms. The molecule has 0 radical (unpaired) electrons. The second-order valence-electron chi connectivity index (χ2n) is 5.37. The van der Waals surface area contributed by atoms with Gasteiger partial charge in [0, 0.05) is 16.5 Å². The van der Waals surface area contributed by atoms with Crippen molar-refractivity contribution >= 4 is 33.7 Å². The lowest BCUT2D eigenvalue weighted by molar-refractivity contribution is 1.19. The summed E-state index contributed by atoms with van der Waals surface area (Å²) in [6.45, 7) is 14.3. The monoisotopic (exact) mass is 306 g/mol. The van der Waals surface area contributed by atoms with Crippen molar-refractivity contribution in [1.29, 1.82) is 0 Å². The zero-order chi connectivity index (χ0) is 16.3. The summed E-state index contributed by atoms with van der Waals surface area (Å²) in [5.41, 5.74) is 4.08. The van der Waals surface area contributed by atoms with Crippen LogP contribution in [0.15, 0.2) is 36.4 Å². The van der Waals surface area contributed by atoms with Crippen LogP contribution in [0.2, 0.25) is 0 Å². The van der Waals surface area contributed by atoms with E-state index in [-0.39, 0.29) is 22.9 Å². The third-order valence-corrected chi connectivity index (χ3v) is 4.11. The quantitative estimate of drug-likeness (QED) is 0.400. The van der Waals surface area contributed by atoms with Crippen LogP contribution >= 0.6 is 0 Å². The van der Waals surface area contributed by atoms with Crippen molar-refractivity contribution in [2.45, 2.75) is 0 Å². The maximum atomic E-state index is 7.15. The summed E-state index contributed by atoms with van der Waals surface area (Å²) in [5.74, 6) is -0.0825. The van der Waals surface area contributed by atoms with Crippen molar-refractivity contribution < 1.29 is 0 Å². The molecule has 0 amide bonds. The summed E-state index contributed by atoms with van der Waals surface area (Å²) in [6.07, 6.45) is 0. The van der Waals surface area contributed by atoms with E-state index in [4.69, 9.17) is 13.1 Å². The predicted octanol–water partition coefficient (Wildman–Crippen LogP) is 4.32. The van der Waals surface area contributed by atoms with Crippen molar-refractivity contribution in [2.24, 2.45) is 0 Å². The topological polar surface area (TPSA) is 60.3 Å². The molecule has 0 atom stereocenters. The van der Waals surface area contributed by atoms with Gasteiger partial charge < -0.3 is 9.69 Å². The van der Waals surface area contributed by atoms with Crippen molar-refractivity contribution in [1.82, 2.24) is 19.9 Å². The van der Waals surface area contributed by atoms with E-state index in [1.807, 2.05) is 24.3 Å². The first-order chi connectivity index (χ1) is 11.8. The Morgan fingerprint density at radius 3 is 1.62 bits per heavy atom. The fraction of sp³-hybridized carbons (Fsp3) is 0. The molecule has 0 bridgehead atoms. The molecular formula is C18H6N6. The molecule has 1 aliphatic carbocycles. The number of hydrogen-bond donors (Lipinski definition) is 0. The molecule has 0 N–H and O–H groups in total. The first-order valence-corrected chi connectivity index (χ1v) is 7.17. The number of aromatic nitrogens is 4. The highest BCUT2D eigenvalue weighted by molar-refractivity contribution is 6.13. The number of nitrogens with zero attached hydrogens (tertiary/aromatic N) is 6. The molecule has 4 aromatic rings.